The van der Waals surface area contributed by atoms with Crippen LogP contribution < -0.4 is 20.5 Å². The van der Waals surface area contributed by atoms with Crippen molar-refractivity contribution in [2.75, 3.05) is 20.3 Å². The highest BCUT2D eigenvalue weighted by Crippen LogP contribution is 2.37. The minimum Gasteiger partial charge on any atom is -0.496 e. The molecule has 3 heterocycles. The molecule has 10 nitrogen and oxygen atoms in total. The van der Waals surface area contributed by atoms with Crippen LogP contribution in [0.3, 0.4) is 0 Å². The second-order valence-corrected chi connectivity index (χ2v) is 12.3. The number of ether oxygens (including phenoxy) is 3. The summed E-state index contributed by atoms with van der Waals surface area (Å²) in [5.74, 6) is 0.190. The van der Waals surface area contributed by atoms with Crippen LogP contribution in [0.5, 0.6) is 11.5 Å². The number of pyridine rings is 1. The van der Waals surface area contributed by atoms with Gasteiger partial charge in [-0.3, -0.25) is 9.59 Å². The van der Waals surface area contributed by atoms with Gasteiger partial charge < -0.3 is 30.2 Å². The maximum Gasteiger partial charge on any atom is 0.407 e. The molecule has 0 aliphatic carbocycles. The van der Waals surface area contributed by atoms with Crippen molar-refractivity contribution in [3.05, 3.63) is 60.2 Å². The van der Waals surface area contributed by atoms with E-state index in [1.165, 1.54) is 4.90 Å². The zero-order valence-corrected chi connectivity index (χ0v) is 25.7. The molecule has 1 saturated heterocycles. The number of carbonyl (C=O) groups is 3. The fraction of sp³-hybridized carbons (Fsp3) is 0.412. The van der Waals surface area contributed by atoms with E-state index < -0.39 is 41.5 Å². The highest BCUT2D eigenvalue weighted by Gasteiger charge is 2.45. The summed E-state index contributed by atoms with van der Waals surface area (Å²) in [4.78, 5) is 45.7. The fourth-order valence-electron chi connectivity index (χ4n) is 5.69. The van der Waals surface area contributed by atoms with Gasteiger partial charge in [-0.25, -0.2) is 9.78 Å². The van der Waals surface area contributed by atoms with Gasteiger partial charge in [0.05, 0.1) is 31.5 Å². The van der Waals surface area contributed by atoms with Crippen molar-refractivity contribution in [2.45, 2.75) is 64.6 Å². The van der Waals surface area contributed by atoms with Crippen molar-refractivity contribution in [3.63, 3.8) is 0 Å². The van der Waals surface area contributed by atoms with E-state index in [9.17, 15) is 14.4 Å². The van der Waals surface area contributed by atoms with Crippen molar-refractivity contribution in [1.29, 1.82) is 0 Å². The summed E-state index contributed by atoms with van der Waals surface area (Å²) >= 11 is 0. The molecular weight excluding hydrogens is 560 g/mol. The van der Waals surface area contributed by atoms with Gasteiger partial charge >= 0.3 is 6.09 Å². The molecule has 2 aliphatic heterocycles. The summed E-state index contributed by atoms with van der Waals surface area (Å²) in [6, 6.07) is 13.7. The van der Waals surface area contributed by atoms with E-state index in [2.05, 4.69) is 11.4 Å². The number of alkyl carbamates (subject to hydrolysis) is 1. The number of aromatic nitrogens is 1. The quantitative estimate of drug-likeness (QED) is 0.428. The summed E-state index contributed by atoms with van der Waals surface area (Å²) in [6.07, 6.45) is 5.28. The molecular formula is C34H40N4O6. The number of carbonyl (C=O) groups excluding carboxylic acids is 3. The number of nitrogens with one attached hydrogen (secondary N) is 1. The average molecular weight is 601 g/mol. The van der Waals surface area contributed by atoms with Crippen LogP contribution in [-0.4, -0.2) is 66.2 Å². The third kappa shape index (κ3) is 6.79. The predicted octanol–water partition coefficient (Wildman–Crippen LogP) is 5.08. The molecule has 3 N–H and O–H groups in total. The van der Waals surface area contributed by atoms with Crippen LogP contribution >= 0.6 is 0 Å². The Morgan fingerprint density at radius 3 is 2.59 bits per heavy atom. The number of allylic oxidation sites excluding steroid dienone is 1. The van der Waals surface area contributed by atoms with Gasteiger partial charge in [0, 0.05) is 35.1 Å². The molecule has 0 unspecified atom stereocenters. The molecule has 0 radical (unpaired) electrons. The third-order valence-corrected chi connectivity index (χ3v) is 8.03. The van der Waals surface area contributed by atoms with Crippen LogP contribution in [-0.2, 0) is 14.3 Å². The van der Waals surface area contributed by atoms with Crippen molar-refractivity contribution in [3.8, 4) is 22.8 Å². The molecule has 5 rings (SSSR count). The summed E-state index contributed by atoms with van der Waals surface area (Å²) in [6.45, 7) is 5.87. The maximum absolute atomic E-state index is 14.0. The average Bonchev–Trinajstić information content (AvgIpc) is 3.42. The van der Waals surface area contributed by atoms with Crippen LogP contribution in [0.15, 0.2) is 54.6 Å². The lowest BCUT2D eigenvalue weighted by atomic mass is 9.85. The Labute approximate surface area is 257 Å². The first-order valence-corrected chi connectivity index (χ1v) is 15.0. The minimum absolute atomic E-state index is 0.114. The number of nitrogens with zero attached hydrogens (tertiary/aromatic N) is 2. The highest BCUT2D eigenvalue weighted by molar-refractivity contribution is 5.93. The Bertz CT molecular complexity index is 1570. The van der Waals surface area contributed by atoms with Gasteiger partial charge in [-0.1, -0.05) is 63.3 Å². The summed E-state index contributed by atoms with van der Waals surface area (Å²) in [5, 5.41) is 3.52. The van der Waals surface area contributed by atoms with Crippen molar-refractivity contribution < 1.29 is 28.6 Å². The third-order valence-electron chi connectivity index (χ3n) is 8.03. The molecule has 3 atom stereocenters. The first-order valence-electron chi connectivity index (χ1n) is 15.0. The molecule has 3 aromatic rings. The number of primary amides is 1. The van der Waals surface area contributed by atoms with Gasteiger partial charge in [0.15, 0.2) is 0 Å². The number of cyclic esters (lactones) is 1. The van der Waals surface area contributed by atoms with Crippen LogP contribution in [0, 0.1) is 5.41 Å². The lowest BCUT2D eigenvalue weighted by Gasteiger charge is -2.34. The number of fused-ring (bicyclic) bond motifs is 3. The molecule has 2 aliphatic rings. The highest BCUT2D eigenvalue weighted by atomic mass is 16.5. The predicted molar refractivity (Wildman–Crippen MR) is 168 cm³/mol. The van der Waals surface area contributed by atoms with E-state index >= 15 is 0 Å². The van der Waals surface area contributed by atoms with Crippen molar-refractivity contribution in [1.82, 2.24) is 15.2 Å². The smallest absolute Gasteiger partial charge is 0.407 e. The topological polar surface area (TPSA) is 133 Å². The Kier molecular flexibility index (Phi) is 9.08. The monoisotopic (exact) mass is 600 g/mol. The molecule has 44 heavy (non-hydrogen) atoms. The largest absolute Gasteiger partial charge is 0.496 e. The van der Waals surface area contributed by atoms with Gasteiger partial charge in [-0.05, 0) is 30.7 Å². The Balaban J connectivity index is 1.61. The van der Waals surface area contributed by atoms with Crippen LogP contribution in [0.4, 0.5) is 4.79 Å². The normalized spacial score (nSPS) is 22.3. The second kappa shape index (κ2) is 13.0. The number of rotatable bonds is 3. The standard InChI is InChI=1S/C34H40N4O6/c1-34(2,3)30-32(40)38-20-23(17-27(38)31(35)39)44-29-18-25(21-12-9-7-10-13-21)36-26-19-28(42-4)22(16-24(26)29)14-8-5-6-11-15-43-33(41)37-30/h7-10,12-14,16,18-19,23,27,30H,5-6,11,15,17,20H2,1-4H3,(H2,35,39)(H,37,41)/b14-8+/t23-,27+,30-/m1/s1. The SMILES string of the molecule is COc1cc2nc(-c3ccccc3)cc3c2cc1/C=C/CCCCOC(=O)N[C@@H](C(C)(C)C)C(=O)N1C[C@@H](C[C@H]1C(N)=O)O3. The molecule has 3 amide bonds. The molecule has 0 saturated carbocycles. The van der Waals surface area contributed by atoms with E-state index in [1.54, 1.807) is 7.11 Å². The van der Waals surface area contributed by atoms with Gasteiger partial charge in [-0.2, -0.15) is 0 Å². The molecule has 0 spiro atoms. The molecule has 2 aromatic carbocycles. The maximum atomic E-state index is 14.0. The number of nitrogens with two attached hydrogens (primary N) is 1. The summed E-state index contributed by atoms with van der Waals surface area (Å²) in [7, 11) is 1.62. The zero-order chi connectivity index (χ0) is 31.4. The van der Waals surface area contributed by atoms with Gasteiger partial charge in [-0.15, -0.1) is 0 Å². The molecule has 1 aromatic heterocycles. The van der Waals surface area contributed by atoms with Gasteiger partial charge in [0.25, 0.3) is 0 Å². The van der Waals surface area contributed by atoms with Gasteiger partial charge in [0.2, 0.25) is 11.8 Å². The second-order valence-electron chi connectivity index (χ2n) is 12.3. The zero-order valence-electron chi connectivity index (χ0n) is 25.7. The van der Waals surface area contributed by atoms with Crippen LogP contribution in [0.25, 0.3) is 28.2 Å². The molecule has 1 fully saturated rings. The van der Waals surface area contributed by atoms with Gasteiger partial charge in [0.1, 0.15) is 29.7 Å². The van der Waals surface area contributed by atoms with E-state index in [-0.39, 0.29) is 19.6 Å². The number of methoxy groups -OCH3 is 1. The number of hydrogen-bond acceptors (Lipinski definition) is 7. The number of amides is 3. The Hall–Kier alpha value is -4.60. The van der Waals surface area contributed by atoms with E-state index in [0.717, 1.165) is 29.4 Å². The number of hydrogen-bond donors (Lipinski definition) is 2. The lowest BCUT2D eigenvalue weighted by molar-refractivity contribution is -0.141. The van der Waals surface area contributed by atoms with Crippen LogP contribution in [0.1, 0.15) is 52.0 Å². The van der Waals surface area contributed by atoms with Crippen LogP contribution in [0.2, 0.25) is 0 Å². The van der Waals surface area contributed by atoms with E-state index in [0.29, 0.717) is 29.1 Å². The lowest BCUT2D eigenvalue weighted by Crippen LogP contribution is -2.57. The van der Waals surface area contributed by atoms with E-state index in [1.807, 2.05) is 75.4 Å². The molecule has 4 bridgehead atoms. The van der Waals surface area contributed by atoms with E-state index in [4.69, 9.17) is 24.9 Å². The fourth-order valence-corrected chi connectivity index (χ4v) is 5.69. The Morgan fingerprint density at radius 2 is 1.89 bits per heavy atom. The van der Waals surface area contributed by atoms with Crippen molar-refractivity contribution in [2.24, 2.45) is 11.1 Å². The summed E-state index contributed by atoms with van der Waals surface area (Å²) in [5.41, 5.74) is 8.32. The Morgan fingerprint density at radius 1 is 1.11 bits per heavy atom. The molecule has 232 valence electrons. The molecule has 10 heteroatoms. The van der Waals surface area contributed by atoms with Crippen molar-refractivity contribution >= 4 is 34.9 Å². The first-order chi connectivity index (χ1) is 21.0. The first kappa shape index (κ1) is 30.8. The number of benzene rings is 2. The minimum atomic E-state index is -0.943. The summed E-state index contributed by atoms with van der Waals surface area (Å²) < 4.78 is 17.8.